The molecule has 1 aliphatic rings. The fraction of sp³-hybridized carbons (Fsp3) is 0.500. The largest absolute Gasteiger partial charge is 0.481 e. The highest BCUT2D eigenvalue weighted by molar-refractivity contribution is 5.72. The van der Waals surface area contributed by atoms with E-state index in [0.717, 1.165) is 6.42 Å². The Morgan fingerprint density at radius 3 is 3.05 bits per heavy atom. The number of nitrogens with zero attached hydrogens (tertiary/aromatic N) is 3. The normalized spacial score (nSPS) is 21.4. The van der Waals surface area contributed by atoms with E-state index in [9.17, 15) is 9.90 Å². The predicted molar refractivity (Wildman–Crippen MR) is 72.3 cm³/mol. The lowest BCUT2D eigenvalue weighted by molar-refractivity contribution is -0.141. The van der Waals surface area contributed by atoms with Crippen molar-refractivity contribution in [3.8, 4) is 6.07 Å². The lowest BCUT2D eigenvalue weighted by Crippen LogP contribution is -2.44. The third-order valence-corrected chi connectivity index (χ3v) is 3.38. The number of carboxylic acids is 1. The van der Waals surface area contributed by atoms with Crippen molar-refractivity contribution >= 4 is 11.8 Å². The van der Waals surface area contributed by atoms with E-state index in [-0.39, 0.29) is 12.6 Å². The van der Waals surface area contributed by atoms with Crippen molar-refractivity contribution in [1.82, 2.24) is 4.98 Å². The summed E-state index contributed by atoms with van der Waals surface area (Å²) in [7, 11) is 0. The molecular formula is C14H17N3O3. The minimum Gasteiger partial charge on any atom is -0.481 e. The Kier molecular flexibility index (Phi) is 4.53. The van der Waals surface area contributed by atoms with E-state index < -0.39 is 11.9 Å². The zero-order chi connectivity index (χ0) is 14.5. The van der Waals surface area contributed by atoms with Gasteiger partial charge in [0.1, 0.15) is 23.5 Å². The first-order chi connectivity index (χ1) is 9.67. The van der Waals surface area contributed by atoms with E-state index in [1.165, 1.54) is 0 Å². The summed E-state index contributed by atoms with van der Waals surface area (Å²) < 4.78 is 5.32. The second kappa shape index (κ2) is 6.35. The van der Waals surface area contributed by atoms with Crippen LogP contribution >= 0.6 is 0 Å². The molecule has 1 N–H and O–H groups in total. The molecule has 0 spiro atoms. The minimum atomic E-state index is -0.856. The first-order valence-corrected chi connectivity index (χ1v) is 6.61. The topological polar surface area (TPSA) is 86.5 Å². The number of carbonyl (C=O) groups is 1. The van der Waals surface area contributed by atoms with Crippen LogP contribution in [0.2, 0.25) is 0 Å². The molecule has 1 aliphatic heterocycles. The Morgan fingerprint density at radius 1 is 1.60 bits per heavy atom. The van der Waals surface area contributed by atoms with E-state index in [4.69, 9.17) is 10.00 Å². The van der Waals surface area contributed by atoms with Crippen molar-refractivity contribution in [2.75, 3.05) is 24.7 Å². The van der Waals surface area contributed by atoms with Crippen LogP contribution in [-0.2, 0) is 9.53 Å². The van der Waals surface area contributed by atoms with Gasteiger partial charge in [0, 0.05) is 6.54 Å². The Bertz CT molecular complexity index is 527. The fourth-order valence-electron chi connectivity index (χ4n) is 2.42. The second-order valence-corrected chi connectivity index (χ2v) is 4.74. The summed E-state index contributed by atoms with van der Waals surface area (Å²) in [6, 6.07) is 6.95. The van der Waals surface area contributed by atoms with E-state index in [1.54, 1.807) is 18.2 Å². The van der Waals surface area contributed by atoms with Crippen LogP contribution in [0.25, 0.3) is 0 Å². The van der Waals surface area contributed by atoms with E-state index >= 15 is 0 Å². The van der Waals surface area contributed by atoms with Gasteiger partial charge in [-0.25, -0.2) is 4.98 Å². The maximum absolute atomic E-state index is 11.3. The molecule has 1 aromatic heterocycles. The molecule has 0 amide bonds. The zero-order valence-electron chi connectivity index (χ0n) is 11.3. The second-order valence-electron chi connectivity index (χ2n) is 4.74. The maximum Gasteiger partial charge on any atom is 0.311 e. The van der Waals surface area contributed by atoms with Crippen molar-refractivity contribution in [1.29, 1.82) is 5.26 Å². The molecule has 106 valence electrons. The van der Waals surface area contributed by atoms with Gasteiger partial charge in [0.25, 0.3) is 0 Å². The Labute approximate surface area is 117 Å². The highest BCUT2D eigenvalue weighted by atomic mass is 16.5. The third kappa shape index (κ3) is 2.89. The molecule has 0 aliphatic carbocycles. The smallest absolute Gasteiger partial charge is 0.311 e. The van der Waals surface area contributed by atoms with Crippen LogP contribution in [0.15, 0.2) is 18.2 Å². The molecule has 2 unspecified atom stereocenters. The van der Waals surface area contributed by atoms with Crippen molar-refractivity contribution in [3.63, 3.8) is 0 Å². The Balaban J connectivity index is 2.30. The van der Waals surface area contributed by atoms with Crippen LogP contribution in [-0.4, -0.2) is 41.9 Å². The lowest BCUT2D eigenvalue weighted by Gasteiger charge is -2.31. The summed E-state index contributed by atoms with van der Waals surface area (Å²) >= 11 is 0. The lowest BCUT2D eigenvalue weighted by atomic mass is 10.0. The summed E-state index contributed by atoms with van der Waals surface area (Å²) in [6.07, 6.45) is 0.862. The molecule has 20 heavy (non-hydrogen) atoms. The number of ether oxygens (including phenoxy) is 1. The van der Waals surface area contributed by atoms with Gasteiger partial charge in [-0.1, -0.05) is 13.0 Å². The molecule has 6 nitrogen and oxygen atoms in total. The number of carboxylic acid groups (broad SMARTS) is 1. The summed E-state index contributed by atoms with van der Waals surface area (Å²) in [4.78, 5) is 17.5. The predicted octanol–water partition coefficient (Wildman–Crippen LogP) is 1.27. The van der Waals surface area contributed by atoms with Crippen LogP contribution in [0, 0.1) is 17.2 Å². The van der Waals surface area contributed by atoms with Crippen LogP contribution < -0.4 is 4.90 Å². The fourth-order valence-corrected chi connectivity index (χ4v) is 2.42. The van der Waals surface area contributed by atoms with Gasteiger partial charge in [0.15, 0.2) is 0 Å². The van der Waals surface area contributed by atoms with E-state index in [2.05, 4.69) is 4.98 Å². The first kappa shape index (κ1) is 14.3. The number of rotatable bonds is 5. The molecule has 1 fully saturated rings. The quantitative estimate of drug-likeness (QED) is 0.870. The van der Waals surface area contributed by atoms with Gasteiger partial charge in [0.2, 0.25) is 0 Å². The number of pyridine rings is 1. The molecule has 2 heterocycles. The molecule has 0 saturated carbocycles. The van der Waals surface area contributed by atoms with E-state index in [0.29, 0.717) is 24.7 Å². The SMILES string of the molecule is CCCN(c1cccc(C#N)n1)C1COCC1C(=O)O. The molecular weight excluding hydrogens is 258 g/mol. The molecule has 0 bridgehead atoms. The number of anilines is 1. The number of aromatic nitrogens is 1. The molecule has 2 atom stereocenters. The molecule has 0 aromatic carbocycles. The molecule has 0 radical (unpaired) electrons. The highest BCUT2D eigenvalue weighted by Gasteiger charge is 2.38. The summed E-state index contributed by atoms with van der Waals surface area (Å²) in [5.74, 6) is -0.785. The summed E-state index contributed by atoms with van der Waals surface area (Å²) in [5.41, 5.74) is 0.328. The third-order valence-electron chi connectivity index (χ3n) is 3.38. The van der Waals surface area contributed by atoms with Gasteiger partial charge in [-0.3, -0.25) is 4.79 Å². The van der Waals surface area contributed by atoms with Gasteiger partial charge in [-0.15, -0.1) is 0 Å². The maximum atomic E-state index is 11.3. The van der Waals surface area contributed by atoms with Crippen LogP contribution in [0.4, 0.5) is 5.82 Å². The molecule has 1 aromatic rings. The number of hydrogen-bond acceptors (Lipinski definition) is 5. The average Bonchev–Trinajstić information content (AvgIpc) is 2.94. The Hall–Kier alpha value is -2.13. The summed E-state index contributed by atoms with van der Waals surface area (Å²) in [6.45, 7) is 3.29. The van der Waals surface area contributed by atoms with Gasteiger partial charge in [0.05, 0.1) is 19.3 Å². The van der Waals surface area contributed by atoms with Crippen molar-refractivity contribution in [3.05, 3.63) is 23.9 Å². The monoisotopic (exact) mass is 275 g/mol. The number of nitriles is 1. The molecule has 6 heteroatoms. The Morgan fingerprint density at radius 2 is 2.40 bits per heavy atom. The minimum absolute atomic E-state index is 0.220. The van der Waals surface area contributed by atoms with E-state index in [1.807, 2.05) is 17.9 Å². The van der Waals surface area contributed by atoms with Crippen LogP contribution in [0.3, 0.4) is 0 Å². The first-order valence-electron chi connectivity index (χ1n) is 6.61. The van der Waals surface area contributed by atoms with Crippen molar-refractivity contribution in [2.45, 2.75) is 19.4 Å². The van der Waals surface area contributed by atoms with Crippen LogP contribution in [0.1, 0.15) is 19.0 Å². The van der Waals surface area contributed by atoms with Crippen molar-refractivity contribution < 1.29 is 14.6 Å². The van der Waals surface area contributed by atoms with Gasteiger partial charge in [-0.05, 0) is 18.6 Å². The zero-order valence-corrected chi connectivity index (χ0v) is 11.3. The van der Waals surface area contributed by atoms with Gasteiger partial charge >= 0.3 is 5.97 Å². The van der Waals surface area contributed by atoms with Crippen LogP contribution in [0.5, 0.6) is 0 Å². The number of aliphatic carboxylic acids is 1. The number of hydrogen-bond donors (Lipinski definition) is 1. The average molecular weight is 275 g/mol. The van der Waals surface area contributed by atoms with Crippen molar-refractivity contribution in [2.24, 2.45) is 5.92 Å². The van der Waals surface area contributed by atoms with Gasteiger partial charge < -0.3 is 14.7 Å². The molecule has 2 rings (SSSR count). The molecule has 1 saturated heterocycles. The van der Waals surface area contributed by atoms with Gasteiger partial charge in [-0.2, -0.15) is 5.26 Å². The summed E-state index contributed by atoms with van der Waals surface area (Å²) in [5, 5.41) is 18.2. The standard InChI is InChI=1S/C14H17N3O3/c1-2-6-17(12-9-20-8-11(12)14(18)19)13-5-3-4-10(7-15)16-13/h3-5,11-12H,2,6,8-9H2,1H3,(H,18,19). The highest BCUT2D eigenvalue weighted by Crippen LogP contribution is 2.25.